The molecule has 2 aliphatic heterocycles. The van der Waals surface area contributed by atoms with Gasteiger partial charge in [0.1, 0.15) is 5.82 Å². The van der Waals surface area contributed by atoms with Gasteiger partial charge in [0.25, 0.3) is 0 Å². The fraction of sp³-hybridized carbons (Fsp3) is 0.667. The summed E-state index contributed by atoms with van der Waals surface area (Å²) in [7, 11) is 0. The number of piperidine rings is 1. The van der Waals surface area contributed by atoms with Crippen LogP contribution in [0, 0.1) is 17.8 Å². The maximum atomic E-state index is 6.16. The zero-order chi connectivity index (χ0) is 19.8. The quantitative estimate of drug-likeness (QED) is 0.799. The van der Waals surface area contributed by atoms with E-state index in [1.165, 1.54) is 56.5 Å². The molecule has 2 atom stereocenters. The summed E-state index contributed by atoms with van der Waals surface area (Å²) in [5.41, 5.74) is 11.1. The third-order valence-electron chi connectivity index (χ3n) is 8.43. The van der Waals surface area contributed by atoms with Gasteiger partial charge in [-0.25, -0.2) is 4.98 Å². The highest BCUT2D eigenvalue weighted by atomic mass is 16.5. The van der Waals surface area contributed by atoms with E-state index >= 15 is 0 Å². The van der Waals surface area contributed by atoms with Crippen molar-refractivity contribution in [1.29, 1.82) is 0 Å². The number of rotatable bonds is 6. The van der Waals surface area contributed by atoms with Crippen LogP contribution in [0.25, 0.3) is 11.3 Å². The van der Waals surface area contributed by atoms with Crippen molar-refractivity contribution < 1.29 is 4.74 Å². The monoisotopic (exact) mass is 405 g/mol. The Balaban J connectivity index is 1.17. The molecule has 4 heterocycles. The molecule has 6 heteroatoms. The van der Waals surface area contributed by atoms with Gasteiger partial charge in [-0.05, 0) is 67.1 Å². The van der Waals surface area contributed by atoms with Gasteiger partial charge < -0.3 is 10.5 Å². The average Bonchev–Trinajstić information content (AvgIpc) is 3.53. The molecular weight excluding hydrogens is 374 g/mol. The molecule has 158 valence electrons. The molecule has 0 bridgehead atoms. The van der Waals surface area contributed by atoms with Crippen LogP contribution in [-0.4, -0.2) is 52.0 Å². The summed E-state index contributed by atoms with van der Waals surface area (Å²) in [5.74, 6) is 4.42. The Morgan fingerprint density at radius 1 is 1.07 bits per heavy atom. The van der Waals surface area contributed by atoms with Crippen molar-refractivity contribution in [3.63, 3.8) is 0 Å². The molecule has 2 N–H and O–H groups in total. The molecule has 0 spiro atoms. The van der Waals surface area contributed by atoms with E-state index in [4.69, 9.17) is 15.6 Å². The summed E-state index contributed by atoms with van der Waals surface area (Å²) in [6.07, 6.45) is 8.50. The number of fused-ring (bicyclic) bond motifs is 1. The van der Waals surface area contributed by atoms with Crippen molar-refractivity contribution >= 4 is 5.82 Å². The lowest BCUT2D eigenvalue weighted by atomic mass is 9.85. The van der Waals surface area contributed by atoms with E-state index in [2.05, 4.69) is 26.7 Å². The van der Waals surface area contributed by atoms with Crippen LogP contribution in [0.4, 0.5) is 5.82 Å². The van der Waals surface area contributed by atoms with Crippen molar-refractivity contribution in [3.05, 3.63) is 29.6 Å². The van der Waals surface area contributed by atoms with Crippen LogP contribution >= 0.6 is 0 Å². The van der Waals surface area contributed by atoms with Gasteiger partial charge in [0.15, 0.2) is 0 Å². The molecule has 2 saturated heterocycles. The zero-order valence-corrected chi connectivity index (χ0v) is 17.5. The highest BCUT2D eigenvalue weighted by Gasteiger charge is 2.58. The Kier molecular flexibility index (Phi) is 3.86. The second kappa shape index (κ2) is 6.54. The van der Waals surface area contributed by atoms with Gasteiger partial charge in [-0.15, -0.1) is 0 Å². The number of hydrogen-bond donors (Lipinski definition) is 1. The van der Waals surface area contributed by atoms with Gasteiger partial charge in [-0.2, -0.15) is 5.10 Å². The first-order chi connectivity index (χ1) is 14.7. The molecule has 2 unspecified atom stereocenters. The molecule has 0 aromatic carbocycles. The van der Waals surface area contributed by atoms with Gasteiger partial charge in [0, 0.05) is 43.0 Å². The van der Waals surface area contributed by atoms with Crippen LogP contribution < -0.4 is 5.73 Å². The minimum Gasteiger partial charge on any atom is -0.383 e. The fourth-order valence-corrected chi connectivity index (χ4v) is 5.99. The number of aromatic nitrogens is 3. The molecule has 0 amide bonds. The summed E-state index contributed by atoms with van der Waals surface area (Å²) >= 11 is 0. The van der Waals surface area contributed by atoms with Crippen molar-refractivity contribution in [3.8, 4) is 11.3 Å². The molecule has 6 nitrogen and oxygen atoms in total. The lowest BCUT2D eigenvalue weighted by Crippen LogP contribution is -2.48. The first kappa shape index (κ1) is 17.7. The van der Waals surface area contributed by atoms with Crippen LogP contribution in [0.2, 0.25) is 0 Å². The Bertz CT molecular complexity index is 962. The number of pyridine rings is 1. The zero-order valence-electron chi connectivity index (χ0n) is 17.5. The van der Waals surface area contributed by atoms with E-state index < -0.39 is 0 Å². The molecular formula is C24H31N5O. The predicted molar refractivity (Wildman–Crippen MR) is 115 cm³/mol. The van der Waals surface area contributed by atoms with E-state index in [0.717, 1.165) is 48.8 Å². The standard InChI is InChI=1S/C24H31N5O/c25-24-18(15-4-5-15)6-16(8-26-24)21-7-22(29(27-21)9-14-2-1-3-14)23-19-10-28(11-20(19)23)17-12-30-13-17/h6-8,14-15,17,19-20,23H,1-5,9-13H2,(H2,25,26). The molecule has 3 aliphatic carbocycles. The van der Waals surface area contributed by atoms with Gasteiger partial charge in [-0.3, -0.25) is 9.58 Å². The fourth-order valence-electron chi connectivity index (χ4n) is 5.99. The Morgan fingerprint density at radius 3 is 2.50 bits per heavy atom. The van der Waals surface area contributed by atoms with Gasteiger partial charge in [-0.1, -0.05) is 6.42 Å². The van der Waals surface area contributed by atoms with E-state index in [9.17, 15) is 0 Å². The van der Waals surface area contributed by atoms with Crippen molar-refractivity contribution in [1.82, 2.24) is 19.7 Å². The molecule has 5 fully saturated rings. The van der Waals surface area contributed by atoms with E-state index in [1.807, 2.05) is 6.20 Å². The topological polar surface area (TPSA) is 69.2 Å². The van der Waals surface area contributed by atoms with Gasteiger partial charge in [0.2, 0.25) is 0 Å². The number of ether oxygens (including phenoxy) is 1. The summed E-state index contributed by atoms with van der Waals surface area (Å²) in [6, 6.07) is 5.31. The number of anilines is 1. The van der Waals surface area contributed by atoms with Crippen LogP contribution in [0.15, 0.2) is 18.3 Å². The Morgan fingerprint density at radius 2 is 1.87 bits per heavy atom. The van der Waals surface area contributed by atoms with Crippen molar-refractivity contribution in [2.45, 2.75) is 56.5 Å². The molecule has 2 aromatic heterocycles. The molecule has 2 aromatic rings. The smallest absolute Gasteiger partial charge is 0.126 e. The first-order valence-electron chi connectivity index (χ1n) is 11.9. The minimum absolute atomic E-state index is 0.609. The average molecular weight is 406 g/mol. The first-order valence-corrected chi connectivity index (χ1v) is 11.9. The summed E-state index contributed by atoms with van der Waals surface area (Å²) in [5, 5.41) is 5.13. The number of nitrogens with two attached hydrogens (primary N) is 1. The molecule has 5 aliphatic rings. The van der Waals surface area contributed by atoms with E-state index in [1.54, 1.807) is 0 Å². The Labute approximate surface area is 177 Å². The second-order valence-electron chi connectivity index (χ2n) is 10.4. The van der Waals surface area contributed by atoms with Crippen LogP contribution in [0.5, 0.6) is 0 Å². The van der Waals surface area contributed by atoms with E-state index in [-0.39, 0.29) is 0 Å². The predicted octanol–water partition coefficient (Wildman–Crippen LogP) is 3.25. The minimum atomic E-state index is 0.609. The van der Waals surface area contributed by atoms with Gasteiger partial charge >= 0.3 is 0 Å². The molecule has 7 rings (SSSR count). The Hall–Kier alpha value is -1.92. The van der Waals surface area contributed by atoms with Crippen LogP contribution in [0.3, 0.4) is 0 Å². The SMILES string of the molecule is Nc1ncc(-c2cc(C3C4CN(C5COC5)CC43)n(CC3CCC3)n2)cc1C1CC1. The van der Waals surface area contributed by atoms with Gasteiger partial charge in [0.05, 0.1) is 24.9 Å². The third-order valence-corrected chi connectivity index (χ3v) is 8.43. The van der Waals surface area contributed by atoms with Crippen molar-refractivity contribution in [2.75, 3.05) is 32.0 Å². The summed E-state index contributed by atoms with van der Waals surface area (Å²) < 4.78 is 7.78. The molecule has 0 radical (unpaired) electrons. The maximum absolute atomic E-state index is 6.16. The number of likely N-dealkylation sites (tertiary alicyclic amines) is 1. The number of nitrogens with zero attached hydrogens (tertiary/aromatic N) is 4. The van der Waals surface area contributed by atoms with Crippen LogP contribution in [-0.2, 0) is 11.3 Å². The van der Waals surface area contributed by atoms with E-state index in [0.29, 0.717) is 23.7 Å². The summed E-state index contributed by atoms with van der Waals surface area (Å²) in [4.78, 5) is 7.18. The third kappa shape index (κ3) is 2.83. The number of nitrogen functional groups attached to an aromatic ring is 1. The molecule has 30 heavy (non-hydrogen) atoms. The second-order valence-corrected chi connectivity index (χ2v) is 10.4. The lowest BCUT2D eigenvalue weighted by molar-refractivity contribution is -0.0610. The highest BCUT2D eigenvalue weighted by Crippen LogP contribution is 2.59. The summed E-state index contributed by atoms with van der Waals surface area (Å²) in [6.45, 7) is 5.43. The van der Waals surface area contributed by atoms with Crippen molar-refractivity contribution in [2.24, 2.45) is 17.8 Å². The number of hydrogen-bond acceptors (Lipinski definition) is 5. The highest BCUT2D eigenvalue weighted by molar-refractivity contribution is 5.63. The normalized spacial score (nSPS) is 31.4. The maximum Gasteiger partial charge on any atom is 0.126 e. The largest absolute Gasteiger partial charge is 0.383 e. The van der Waals surface area contributed by atoms with Crippen LogP contribution in [0.1, 0.15) is 55.2 Å². The lowest BCUT2D eigenvalue weighted by Gasteiger charge is -2.36. The molecule has 3 saturated carbocycles.